The Kier molecular flexibility index (Phi) is 6.30. The van der Waals surface area contributed by atoms with Crippen LogP contribution in [0.1, 0.15) is 26.3 Å². The van der Waals surface area contributed by atoms with Crippen LogP contribution in [0.3, 0.4) is 0 Å². The van der Waals surface area contributed by atoms with Crippen LogP contribution in [0.15, 0.2) is 18.2 Å². The largest absolute Gasteiger partial charge is 0.493 e. The van der Waals surface area contributed by atoms with Crippen LogP contribution in [0, 0.1) is 5.92 Å². The second-order valence-corrected chi connectivity index (χ2v) is 7.67. The summed E-state index contributed by atoms with van der Waals surface area (Å²) in [6, 6.07) is 5.81. The van der Waals surface area contributed by atoms with Crippen LogP contribution >= 0.6 is 24.0 Å². The molecule has 1 amide bonds. The van der Waals surface area contributed by atoms with Gasteiger partial charge in [-0.2, -0.15) is 0 Å². The van der Waals surface area contributed by atoms with Crippen LogP contribution in [0.4, 0.5) is 0 Å². The summed E-state index contributed by atoms with van der Waals surface area (Å²) in [6.45, 7) is 7.39. The zero-order valence-corrected chi connectivity index (χ0v) is 15.6. The number of carbonyl (C=O) groups is 1. The second kappa shape index (κ2) is 8.02. The van der Waals surface area contributed by atoms with Crippen molar-refractivity contribution in [2.45, 2.75) is 32.4 Å². The molecule has 1 aliphatic rings. The standard InChI is InChI=1S/C17H23NO3S2/c1-5-21-13-7-6-12(8-14(13)20-4)9-15-16(19)18(10-11(2)3)17(22)23-15/h6-8,11,15H,5,9-10H2,1-4H3/t15-/m0/s1. The van der Waals surface area contributed by atoms with E-state index >= 15 is 0 Å². The summed E-state index contributed by atoms with van der Waals surface area (Å²) in [5.41, 5.74) is 1.05. The summed E-state index contributed by atoms with van der Waals surface area (Å²) >= 11 is 6.84. The van der Waals surface area contributed by atoms with Gasteiger partial charge in [0.25, 0.3) is 0 Å². The van der Waals surface area contributed by atoms with Gasteiger partial charge in [-0.25, -0.2) is 0 Å². The Balaban J connectivity index is 2.10. The number of rotatable bonds is 7. The average Bonchev–Trinajstić information content (AvgIpc) is 2.76. The molecular weight excluding hydrogens is 330 g/mol. The summed E-state index contributed by atoms with van der Waals surface area (Å²) in [5.74, 6) is 1.94. The lowest BCUT2D eigenvalue weighted by Crippen LogP contribution is -2.34. The molecule has 1 aromatic rings. The number of methoxy groups -OCH3 is 1. The smallest absolute Gasteiger partial charge is 0.241 e. The maximum Gasteiger partial charge on any atom is 0.241 e. The molecule has 1 heterocycles. The van der Waals surface area contributed by atoms with Crippen LogP contribution in [0.5, 0.6) is 11.5 Å². The van der Waals surface area contributed by atoms with E-state index in [9.17, 15) is 4.79 Å². The van der Waals surface area contributed by atoms with Gasteiger partial charge in [0.15, 0.2) is 11.5 Å². The van der Waals surface area contributed by atoms with Crippen molar-refractivity contribution in [2.75, 3.05) is 20.3 Å². The maximum absolute atomic E-state index is 12.5. The maximum atomic E-state index is 12.5. The van der Waals surface area contributed by atoms with Crippen molar-refractivity contribution in [1.29, 1.82) is 0 Å². The number of amides is 1. The fourth-order valence-electron chi connectivity index (χ4n) is 2.49. The second-order valence-electron chi connectivity index (χ2n) is 5.84. The Bertz CT molecular complexity index is 589. The Labute approximate surface area is 147 Å². The molecule has 1 aliphatic heterocycles. The van der Waals surface area contributed by atoms with Gasteiger partial charge in [0.1, 0.15) is 4.32 Å². The molecule has 0 spiro atoms. The lowest BCUT2D eigenvalue weighted by molar-refractivity contribution is -0.126. The van der Waals surface area contributed by atoms with E-state index in [0.29, 0.717) is 35.6 Å². The first-order valence-electron chi connectivity index (χ1n) is 7.78. The fraction of sp³-hybridized carbons (Fsp3) is 0.529. The zero-order valence-electron chi connectivity index (χ0n) is 14.0. The van der Waals surface area contributed by atoms with Crippen LogP contribution in [-0.2, 0) is 11.2 Å². The molecule has 0 saturated carbocycles. The van der Waals surface area contributed by atoms with Crippen molar-refractivity contribution in [3.8, 4) is 11.5 Å². The Morgan fingerprint density at radius 1 is 1.35 bits per heavy atom. The van der Waals surface area contributed by atoms with E-state index in [1.165, 1.54) is 11.8 Å². The number of carbonyl (C=O) groups excluding carboxylic acids is 1. The molecular formula is C17H23NO3S2. The van der Waals surface area contributed by atoms with E-state index in [2.05, 4.69) is 13.8 Å². The minimum atomic E-state index is -0.149. The quantitative estimate of drug-likeness (QED) is 0.701. The molecule has 1 fully saturated rings. The topological polar surface area (TPSA) is 38.8 Å². The number of hydrogen-bond acceptors (Lipinski definition) is 5. The molecule has 0 aliphatic carbocycles. The highest BCUT2D eigenvalue weighted by Gasteiger charge is 2.36. The van der Waals surface area contributed by atoms with Gasteiger partial charge in [0, 0.05) is 6.54 Å². The SMILES string of the molecule is CCOc1ccc(C[C@@H]2SC(=S)N(CC(C)C)C2=O)cc1OC. The van der Waals surface area contributed by atoms with Gasteiger partial charge in [-0.15, -0.1) is 0 Å². The molecule has 0 N–H and O–H groups in total. The highest BCUT2D eigenvalue weighted by Crippen LogP contribution is 2.33. The molecule has 1 saturated heterocycles. The molecule has 1 atom stereocenters. The van der Waals surface area contributed by atoms with Crippen molar-refractivity contribution in [3.63, 3.8) is 0 Å². The molecule has 0 bridgehead atoms. The van der Waals surface area contributed by atoms with E-state index in [1.54, 1.807) is 12.0 Å². The van der Waals surface area contributed by atoms with E-state index in [-0.39, 0.29) is 11.2 Å². The Hall–Kier alpha value is -1.27. The van der Waals surface area contributed by atoms with Crippen LogP contribution < -0.4 is 9.47 Å². The van der Waals surface area contributed by atoms with Crippen molar-refractivity contribution in [1.82, 2.24) is 4.90 Å². The van der Waals surface area contributed by atoms with E-state index < -0.39 is 0 Å². The minimum absolute atomic E-state index is 0.113. The minimum Gasteiger partial charge on any atom is -0.493 e. The van der Waals surface area contributed by atoms with Crippen LogP contribution in [-0.4, -0.2) is 40.6 Å². The lowest BCUT2D eigenvalue weighted by Gasteiger charge is -2.18. The van der Waals surface area contributed by atoms with Crippen molar-refractivity contribution >= 4 is 34.2 Å². The van der Waals surface area contributed by atoms with E-state index in [4.69, 9.17) is 21.7 Å². The van der Waals surface area contributed by atoms with Crippen molar-refractivity contribution in [2.24, 2.45) is 5.92 Å². The lowest BCUT2D eigenvalue weighted by atomic mass is 10.1. The van der Waals surface area contributed by atoms with Crippen LogP contribution in [0.25, 0.3) is 0 Å². The van der Waals surface area contributed by atoms with Gasteiger partial charge in [0.05, 0.1) is 19.0 Å². The summed E-state index contributed by atoms with van der Waals surface area (Å²) in [5, 5.41) is -0.149. The monoisotopic (exact) mass is 353 g/mol. The average molecular weight is 354 g/mol. The number of ether oxygens (including phenoxy) is 2. The highest BCUT2D eigenvalue weighted by atomic mass is 32.2. The van der Waals surface area contributed by atoms with Crippen molar-refractivity contribution in [3.05, 3.63) is 23.8 Å². The summed E-state index contributed by atoms with van der Waals surface area (Å²) in [4.78, 5) is 14.3. The van der Waals surface area contributed by atoms with Crippen LogP contribution in [0.2, 0.25) is 0 Å². The molecule has 4 nitrogen and oxygen atoms in total. The molecule has 126 valence electrons. The number of nitrogens with zero attached hydrogens (tertiary/aromatic N) is 1. The molecule has 6 heteroatoms. The summed E-state index contributed by atoms with van der Waals surface area (Å²) < 4.78 is 11.6. The Morgan fingerprint density at radius 3 is 2.70 bits per heavy atom. The van der Waals surface area contributed by atoms with Gasteiger partial charge in [0.2, 0.25) is 5.91 Å². The third-order valence-corrected chi connectivity index (χ3v) is 5.09. The van der Waals surface area contributed by atoms with Gasteiger partial charge >= 0.3 is 0 Å². The predicted molar refractivity (Wildman–Crippen MR) is 98.4 cm³/mol. The first-order valence-corrected chi connectivity index (χ1v) is 9.06. The van der Waals surface area contributed by atoms with Gasteiger partial charge in [-0.05, 0) is 37.0 Å². The molecule has 23 heavy (non-hydrogen) atoms. The molecule has 2 rings (SSSR count). The Morgan fingerprint density at radius 2 is 2.09 bits per heavy atom. The normalized spacial score (nSPS) is 18.0. The van der Waals surface area contributed by atoms with E-state index in [1.807, 2.05) is 25.1 Å². The number of benzene rings is 1. The highest BCUT2D eigenvalue weighted by molar-refractivity contribution is 8.24. The van der Waals surface area contributed by atoms with Gasteiger partial charge < -0.3 is 9.47 Å². The summed E-state index contributed by atoms with van der Waals surface area (Å²) in [7, 11) is 1.62. The molecule has 0 aromatic heterocycles. The van der Waals surface area contributed by atoms with Gasteiger partial charge in [-0.3, -0.25) is 9.69 Å². The van der Waals surface area contributed by atoms with E-state index in [0.717, 1.165) is 11.3 Å². The molecule has 1 aromatic carbocycles. The third kappa shape index (κ3) is 4.38. The van der Waals surface area contributed by atoms with Gasteiger partial charge in [-0.1, -0.05) is 43.9 Å². The van der Waals surface area contributed by atoms with Crippen molar-refractivity contribution < 1.29 is 14.3 Å². The zero-order chi connectivity index (χ0) is 17.0. The number of hydrogen-bond donors (Lipinski definition) is 0. The molecule has 0 unspecified atom stereocenters. The fourth-order valence-corrected chi connectivity index (χ4v) is 4.04. The third-order valence-electron chi connectivity index (χ3n) is 3.50. The summed E-state index contributed by atoms with van der Waals surface area (Å²) in [6.07, 6.45) is 0.640. The molecule has 0 radical (unpaired) electrons. The number of thiocarbonyl (C=S) groups is 1. The number of thioether (sulfide) groups is 1. The predicted octanol–water partition coefficient (Wildman–Crippen LogP) is 3.52. The first kappa shape index (κ1) is 18.1. The first-order chi connectivity index (χ1) is 11.0.